The summed E-state index contributed by atoms with van der Waals surface area (Å²) in [7, 11) is -2.88. The van der Waals surface area contributed by atoms with Crippen LogP contribution < -0.4 is 10.4 Å². The van der Waals surface area contributed by atoms with E-state index in [-0.39, 0.29) is 11.6 Å². The molecule has 5 atom stereocenters. The van der Waals surface area contributed by atoms with Crippen molar-refractivity contribution < 1.29 is 19.4 Å². The van der Waals surface area contributed by atoms with Gasteiger partial charge in [0.15, 0.2) is 0 Å². The van der Waals surface area contributed by atoms with Crippen molar-refractivity contribution in [2.24, 2.45) is 5.11 Å². The minimum Gasteiger partial charge on any atom is -0.405 e. The monoisotopic (exact) mass is 549 g/mol. The zero-order chi connectivity index (χ0) is 27.3. The molecular weight excluding hydrogens is 514 g/mol. The van der Waals surface area contributed by atoms with E-state index in [0.29, 0.717) is 0 Å². The Kier molecular flexibility index (Phi) is 9.00. The minimum absolute atomic E-state index is 0.0689. The van der Waals surface area contributed by atoms with Gasteiger partial charge in [-0.1, -0.05) is 116 Å². The Balaban J connectivity index is 1.67. The van der Waals surface area contributed by atoms with Gasteiger partial charge in [-0.15, -0.1) is 0 Å². The van der Waals surface area contributed by atoms with Gasteiger partial charge in [-0.25, -0.2) is 0 Å². The molecule has 0 aromatic heterocycles. The van der Waals surface area contributed by atoms with Gasteiger partial charge in [0, 0.05) is 9.81 Å². The lowest BCUT2D eigenvalue weighted by molar-refractivity contribution is -0.164. The quantitative estimate of drug-likeness (QED) is 0.182. The van der Waals surface area contributed by atoms with E-state index in [9.17, 15) is 10.2 Å². The highest BCUT2D eigenvalue weighted by atomic mass is 32.2. The van der Waals surface area contributed by atoms with Gasteiger partial charge in [0.25, 0.3) is 8.32 Å². The van der Waals surface area contributed by atoms with Crippen LogP contribution in [0, 0.1) is 6.92 Å². The number of nitrogens with zero attached hydrogens (tertiary/aromatic N) is 3. The third-order valence-corrected chi connectivity index (χ3v) is 13.2. The Labute approximate surface area is 229 Å². The molecule has 0 bridgehead atoms. The fourth-order valence-electron chi connectivity index (χ4n) is 5.05. The van der Waals surface area contributed by atoms with Crippen molar-refractivity contribution in [1.29, 1.82) is 0 Å². The van der Waals surface area contributed by atoms with Crippen molar-refractivity contribution in [2.45, 2.75) is 67.4 Å². The highest BCUT2D eigenvalue weighted by Gasteiger charge is 2.52. The summed E-state index contributed by atoms with van der Waals surface area (Å²) < 4.78 is 13.3. The molecule has 1 heterocycles. The van der Waals surface area contributed by atoms with Crippen LogP contribution in [0.3, 0.4) is 0 Å². The number of aryl methyl sites for hydroxylation is 1. The molecule has 1 unspecified atom stereocenters. The number of hydrogen-bond acceptors (Lipinski definition) is 6. The molecule has 1 fully saturated rings. The maximum atomic E-state index is 11.1. The van der Waals surface area contributed by atoms with Crippen molar-refractivity contribution >= 4 is 30.5 Å². The van der Waals surface area contributed by atoms with Gasteiger partial charge in [0.1, 0.15) is 23.7 Å². The molecule has 4 rings (SSSR count). The Morgan fingerprint density at radius 2 is 1.47 bits per heavy atom. The van der Waals surface area contributed by atoms with Crippen LogP contribution in [-0.2, 0) is 9.16 Å². The van der Waals surface area contributed by atoms with E-state index in [1.54, 1.807) is 0 Å². The summed E-state index contributed by atoms with van der Waals surface area (Å²) in [5, 5.41) is 27.8. The largest absolute Gasteiger partial charge is 0.405 e. The standard InChI is InChI=1S/C29H35N3O4SSi/c1-20-15-17-21(18-16-20)37-28-25(31-32-30)27(34)26(33)24(36-28)19-35-38(29(2,3)4,22-11-7-5-8-12-22)23-13-9-6-10-14-23/h5-18,24-28,33-34H,19H2,1-4H3/t24-,25-,26+,27-,28?/m1/s1. The first-order valence-electron chi connectivity index (χ1n) is 12.7. The molecule has 7 nitrogen and oxygen atoms in total. The molecule has 2 N–H and O–H groups in total. The smallest absolute Gasteiger partial charge is 0.261 e. The van der Waals surface area contributed by atoms with Crippen LogP contribution in [0.25, 0.3) is 10.4 Å². The minimum atomic E-state index is -2.88. The van der Waals surface area contributed by atoms with E-state index in [1.807, 2.05) is 67.6 Å². The van der Waals surface area contributed by atoms with E-state index in [2.05, 4.69) is 55.1 Å². The number of aliphatic hydroxyl groups excluding tert-OH is 2. The normalized spacial score (nSPS) is 24.0. The summed E-state index contributed by atoms with van der Waals surface area (Å²) in [6, 6.07) is 27.4. The van der Waals surface area contributed by atoms with Crippen LogP contribution in [0.15, 0.2) is 94.9 Å². The number of azide groups is 1. The lowest BCUT2D eigenvalue weighted by Crippen LogP contribution is -2.68. The van der Waals surface area contributed by atoms with Gasteiger partial charge in [-0.05, 0) is 40.0 Å². The highest BCUT2D eigenvalue weighted by molar-refractivity contribution is 7.99. The molecule has 0 saturated carbocycles. The van der Waals surface area contributed by atoms with Gasteiger partial charge in [0.05, 0.1) is 12.7 Å². The molecule has 9 heteroatoms. The predicted molar refractivity (Wildman–Crippen MR) is 154 cm³/mol. The van der Waals surface area contributed by atoms with Crippen molar-refractivity contribution in [3.8, 4) is 0 Å². The van der Waals surface area contributed by atoms with Gasteiger partial charge in [0.2, 0.25) is 0 Å². The topological polar surface area (TPSA) is 108 Å². The van der Waals surface area contributed by atoms with E-state index in [4.69, 9.17) is 14.7 Å². The Hall–Kier alpha value is -2.62. The van der Waals surface area contributed by atoms with E-state index >= 15 is 0 Å². The van der Waals surface area contributed by atoms with Crippen molar-refractivity contribution in [3.05, 3.63) is 101 Å². The summed E-state index contributed by atoms with van der Waals surface area (Å²) in [5.74, 6) is 0. The first kappa shape index (κ1) is 28.4. The average molecular weight is 550 g/mol. The van der Waals surface area contributed by atoms with Crippen LogP contribution in [0.2, 0.25) is 5.04 Å². The van der Waals surface area contributed by atoms with E-state index in [0.717, 1.165) is 20.8 Å². The van der Waals surface area contributed by atoms with Crippen LogP contribution in [0.1, 0.15) is 26.3 Å². The molecule has 0 radical (unpaired) electrons. The molecule has 1 saturated heterocycles. The van der Waals surface area contributed by atoms with Crippen LogP contribution >= 0.6 is 11.8 Å². The molecule has 1 aliphatic heterocycles. The summed E-state index contributed by atoms with van der Waals surface area (Å²) in [6.07, 6.45) is -3.39. The second-order valence-electron chi connectivity index (χ2n) is 10.6. The fraction of sp³-hybridized carbons (Fsp3) is 0.379. The molecule has 0 amide bonds. The van der Waals surface area contributed by atoms with Gasteiger partial charge in [-0.3, -0.25) is 0 Å². The number of hydrogen-bond donors (Lipinski definition) is 2. The Morgan fingerprint density at radius 3 is 1.97 bits per heavy atom. The number of aliphatic hydroxyl groups is 2. The van der Waals surface area contributed by atoms with Crippen LogP contribution in [0.5, 0.6) is 0 Å². The zero-order valence-corrected chi connectivity index (χ0v) is 24.0. The highest BCUT2D eigenvalue weighted by Crippen LogP contribution is 2.39. The third kappa shape index (κ3) is 5.84. The van der Waals surface area contributed by atoms with Crippen molar-refractivity contribution in [3.63, 3.8) is 0 Å². The number of benzene rings is 3. The molecule has 3 aromatic rings. The average Bonchev–Trinajstić information content (AvgIpc) is 2.91. The molecule has 38 heavy (non-hydrogen) atoms. The fourth-order valence-corrected chi connectivity index (χ4v) is 10.7. The molecule has 1 aliphatic rings. The van der Waals surface area contributed by atoms with Gasteiger partial charge in [-0.2, -0.15) is 0 Å². The van der Waals surface area contributed by atoms with Crippen LogP contribution in [0.4, 0.5) is 0 Å². The third-order valence-electron chi connectivity index (χ3n) is 7.01. The summed E-state index contributed by atoms with van der Waals surface area (Å²) in [5.41, 5.74) is 9.57. The molecule has 3 aromatic carbocycles. The SMILES string of the molecule is Cc1ccc(SC2O[C@H](CO[Si](c3ccccc3)(c3ccccc3)C(C)(C)C)[C@H](O)[C@H](O)[C@H]2N=[N+]=[N-])cc1. The van der Waals surface area contributed by atoms with Crippen LogP contribution in [-0.4, -0.2) is 54.9 Å². The molecular formula is C29H35N3O4SSi. The van der Waals surface area contributed by atoms with Gasteiger partial charge >= 0.3 is 0 Å². The maximum Gasteiger partial charge on any atom is 0.261 e. The maximum absolute atomic E-state index is 11.1. The molecule has 0 aliphatic carbocycles. The number of ether oxygens (including phenoxy) is 1. The first-order valence-corrected chi connectivity index (χ1v) is 15.5. The molecule has 0 spiro atoms. The van der Waals surface area contributed by atoms with Crippen molar-refractivity contribution in [2.75, 3.05) is 6.61 Å². The molecule has 200 valence electrons. The van der Waals surface area contributed by atoms with Gasteiger partial charge < -0.3 is 19.4 Å². The summed E-state index contributed by atoms with van der Waals surface area (Å²) in [4.78, 5) is 3.82. The lowest BCUT2D eigenvalue weighted by Gasteiger charge is -2.46. The van der Waals surface area contributed by atoms with E-state index < -0.39 is 38.1 Å². The Bertz CT molecular complexity index is 1190. The lowest BCUT2D eigenvalue weighted by atomic mass is 9.99. The first-order chi connectivity index (χ1) is 18.2. The second kappa shape index (κ2) is 12.0. The summed E-state index contributed by atoms with van der Waals surface area (Å²) in [6.45, 7) is 8.62. The van der Waals surface area contributed by atoms with Crippen molar-refractivity contribution in [1.82, 2.24) is 0 Å². The zero-order valence-electron chi connectivity index (χ0n) is 22.1. The predicted octanol–water partition coefficient (Wildman–Crippen LogP) is 4.79. The second-order valence-corrected chi connectivity index (χ2v) is 16.1. The Morgan fingerprint density at radius 1 is 0.921 bits per heavy atom. The van der Waals surface area contributed by atoms with E-state index in [1.165, 1.54) is 11.8 Å². The number of rotatable bonds is 8. The summed E-state index contributed by atoms with van der Waals surface area (Å²) >= 11 is 1.36. The number of thioether (sulfide) groups is 1.